The second kappa shape index (κ2) is 3.56. The van der Waals surface area contributed by atoms with E-state index in [4.69, 9.17) is 0 Å². The maximum atomic E-state index is 4.41. The van der Waals surface area contributed by atoms with Gasteiger partial charge >= 0.3 is 0 Å². The SMILES string of the molecule is CCC1=NC(CC)=C(CC)[N]1. The smallest absolute Gasteiger partial charge is 0.128 e. The third-order valence-corrected chi connectivity index (χ3v) is 1.85. The molecule has 2 heteroatoms. The van der Waals surface area contributed by atoms with Crippen LogP contribution >= 0.6 is 0 Å². The van der Waals surface area contributed by atoms with Crippen molar-refractivity contribution in [2.24, 2.45) is 4.99 Å². The molecule has 2 nitrogen and oxygen atoms in total. The lowest BCUT2D eigenvalue weighted by atomic mass is 10.2. The summed E-state index contributed by atoms with van der Waals surface area (Å²) in [6.07, 6.45) is 2.97. The Morgan fingerprint density at radius 1 is 0.909 bits per heavy atom. The van der Waals surface area contributed by atoms with Crippen molar-refractivity contribution in [3.05, 3.63) is 11.4 Å². The van der Waals surface area contributed by atoms with E-state index < -0.39 is 0 Å². The largest absolute Gasteiger partial charge is 0.236 e. The minimum absolute atomic E-state index is 0.951. The van der Waals surface area contributed by atoms with Crippen LogP contribution in [0.5, 0.6) is 0 Å². The van der Waals surface area contributed by atoms with Crippen LogP contribution in [0.1, 0.15) is 40.0 Å². The Kier molecular flexibility index (Phi) is 2.69. The van der Waals surface area contributed by atoms with E-state index in [0.29, 0.717) is 0 Å². The van der Waals surface area contributed by atoms with Gasteiger partial charge in [0.15, 0.2) is 0 Å². The molecular formula is C9H15N2. The van der Waals surface area contributed by atoms with E-state index in [-0.39, 0.29) is 0 Å². The molecular weight excluding hydrogens is 136 g/mol. The first-order valence-corrected chi connectivity index (χ1v) is 4.33. The fourth-order valence-electron chi connectivity index (χ4n) is 1.19. The summed E-state index contributed by atoms with van der Waals surface area (Å²) in [5.41, 5.74) is 2.37. The molecule has 1 aliphatic heterocycles. The van der Waals surface area contributed by atoms with Crippen molar-refractivity contribution in [2.75, 3.05) is 0 Å². The van der Waals surface area contributed by atoms with E-state index in [1.807, 2.05) is 0 Å². The lowest BCUT2D eigenvalue weighted by molar-refractivity contribution is 0.926. The van der Waals surface area contributed by atoms with E-state index in [2.05, 4.69) is 31.1 Å². The monoisotopic (exact) mass is 151 g/mol. The van der Waals surface area contributed by atoms with Crippen molar-refractivity contribution < 1.29 is 0 Å². The fourth-order valence-corrected chi connectivity index (χ4v) is 1.19. The summed E-state index contributed by atoms with van der Waals surface area (Å²) in [5, 5.41) is 4.41. The number of aliphatic imine (C=N–C) groups is 1. The van der Waals surface area contributed by atoms with Crippen LogP contribution in [-0.4, -0.2) is 5.84 Å². The first-order valence-electron chi connectivity index (χ1n) is 4.33. The molecule has 0 saturated heterocycles. The van der Waals surface area contributed by atoms with Gasteiger partial charge in [0.2, 0.25) is 0 Å². The number of amidine groups is 1. The summed E-state index contributed by atoms with van der Waals surface area (Å²) in [4.78, 5) is 4.41. The lowest BCUT2D eigenvalue weighted by Gasteiger charge is -1.97. The molecule has 0 atom stereocenters. The molecule has 0 bridgehead atoms. The zero-order valence-corrected chi connectivity index (χ0v) is 7.52. The highest BCUT2D eigenvalue weighted by Crippen LogP contribution is 2.18. The third-order valence-electron chi connectivity index (χ3n) is 1.85. The molecule has 0 saturated carbocycles. The van der Waals surface area contributed by atoms with Gasteiger partial charge in [-0.25, -0.2) is 10.3 Å². The second-order valence-corrected chi connectivity index (χ2v) is 2.59. The van der Waals surface area contributed by atoms with Crippen LogP contribution in [0, 0.1) is 0 Å². The Balaban J connectivity index is 2.69. The highest BCUT2D eigenvalue weighted by Gasteiger charge is 2.14. The van der Waals surface area contributed by atoms with Crippen molar-refractivity contribution in [2.45, 2.75) is 40.0 Å². The van der Waals surface area contributed by atoms with E-state index in [1.54, 1.807) is 0 Å². The second-order valence-electron chi connectivity index (χ2n) is 2.59. The zero-order chi connectivity index (χ0) is 8.27. The Labute approximate surface area is 68.4 Å². The summed E-state index contributed by atoms with van der Waals surface area (Å²) in [6, 6.07) is 0. The number of hydrogen-bond donors (Lipinski definition) is 0. The number of rotatable bonds is 3. The van der Waals surface area contributed by atoms with Crippen LogP contribution < -0.4 is 5.32 Å². The fraction of sp³-hybridized carbons (Fsp3) is 0.667. The molecule has 0 fully saturated rings. The number of allylic oxidation sites excluding steroid dienone is 2. The minimum Gasteiger partial charge on any atom is -0.236 e. The van der Waals surface area contributed by atoms with Gasteiger partial charge in [-0.15, -0.1) is 0 Å². The molecule has 1 rings (SSSR count). The quantitative estimate of drug-likeness (QED) is 0.592. The third kappa shape index (κ3) is 1.62. The summed E-state index contributed by atoms with van der Waals surface area (Å²) < 4.78 is 0. The molecule has 0 aromatic rings. The molecule has 0 N–H and O–H groups in total. The molecule has 0 amide bonds. The Morgan fingerprint density at radius 2 is 1.55 bits per heavy atom. The van der Waals surface area contributed by atoms with Crippen LogP contribution in [-0.2, 0) is 0 Å². The first-order chi connectivity index (χ1) is 5.31. The van der Waals surface area contributed by atoms with Crippen LogP contribution in [0.3, 0.4) is 0 Å². The topological polar surface area (TPSA) is 26.5 Å². The van der Waals surface area contributed by atoms with Crippen molar-refractivity contribution in [3.63, 3.8) is 0 Å². The first kappa shape index (κ1) is 8.31. The molecule has 0 aromatic carbocycles. The van der Waals surface area contributed by atoms with E-state index in [0.717, 1.165) is 25.1 Å². The molecule has 0 aromatic heterocycles. The Hall–Kier alpha value is -0.790. The minimum atomic E-state index is 0.951. The molecule has 1 radical (unpaired) electrons. The van der Waals surface area contributed by atoms with Gasteiger partial charge in [0.1, 0.15) is 5.84 Å². The highest BCUT2D eigenvalue weighted by atomic mass is 15.1. The molecule has 61 valence electrons. The molecule has 0 spiro atoms. The van der Waals surface area contributed by atoms with E-state index >= 15 is 0 Å². The van der Waals surface area contributed by atoms with Crippen LogP contribution in [0.15, 0.2) is 16.4 Å². The van der Waals surface area contributed by atoms with Gasteiger partial charge in [0.25, 0.3) is 0 Å². The molecule has 11 heavy (non-hydrogen) atoms. The van der Waals surface area contributed by atoms with Crippen LogP contribution in [0.4, 0.5) is 0 Å². The van der Waals surface area contributed by atoms with Crippen molar-refractivity contribution in [3.8, 4) is 0 Å². The number of nitrogens with zero attached hydrogens (tertiary/aromatic N) is 2. The van der Waals surface area contributed by atoms with Gasteiger partial charge < -0.3 is 0 Å². The lowest BCUT2D eigenvalue weighted by Crippen LogP contribution is -2.08. The van der Waals surface area contributed by atoms with E-state index in [9.17, 15) is 0 Å². The predicted molar refractivity (Wildman–Crippen MR) is 47.5 cm³/mol. The Bertz CT molecular complexity index is 202. The summed E-state index contributed by atoms with van der Waals surface area (Å²) >= 11 is 0. The summed E-state index contributed by atoms with van der Waals surface area (Å²) in [6.45, 7) is 6.35. The van der Waals surface area contributed by atoms with Gasteiger partial charge in [-0.1, -0.05) is 20.8 Å². The van der Waals surface area contributed by atoms with Gasteiger partial charge in [0, 0.05) is 6.42 Å². The van der Waals surface area contributed by atoms with Gasteiger partial charge in [-0.05, 0) is 12.8 Å². The Morgan fingerprint density at radius 3 is 1.91 bits per heavy atom. The maximum absolute atomic E-state index is 4.41. The van der Waals surface area contributed by atoms with Crippen molar-refractivity contribution in [1.29, 1.82) is 0 Å². The van der Waals surface area contributed by atoms with Gasteiger partial charge in [-0.2, -0.15) is 0 Å². The normalized spacial score (nSPS) is 16.8. The van der Waals surface area contributed by atoms with Crippen LogP contribution in [0.25, 0.3) is 0 Å². The van der Waals surface area contributed by atoms with Crippen molar-refractivity contribution in [1.82, 2.24) is 5.32 Å². The molecule has 1 aliphatic rings. The van der Waals surface area contributed by atoms with Crippen LogP contribution in [0.2, 0.25) is 0 Å². The average molecular weight is 151 g/mol. The van der Waals surface area contributed by atoms with Crippen molar-refractivity contribution >= 4 is 5.84 Å². The van der Waals surface area contributed by atoms with E-state index in [1.165, 1.54) is 11.4 Å². The summed E-state index contributed by atoms with van der Waals surface area (Å²) in [7, 11) is 0. The predicted octanol–water partition coefficient (Wildman–Crippen LogP) is 2.44. The average Bonchev–Trinajstić information content (AvgIpc) is 2.46. The maximum Gasteiger partial charge on any atom is 0.128 e. The standard InChI is InChI=1S/C9H15N2/c1-4-7-8(5-2)11-9(6-3)10-7/h4-6H2,1-3H3. The molecule has 0 unspecified atom stereocenters. The zero-order valence-electron chi connectivity index (χ0n) is 7.52. The van der Waals surface area contributed by atoms with Gasteiger partial charge in [-0.3, -0.25) is 0 Å². The highest BCUT2D eigenvalue weighted by molar-refractivity contribution is 5.86. The molecule has 1 heterocycles. The van der Waals surface area contributed by atoms with Gasteiger partial charge in [0.05, 0.1) is 11.4 Å². The number of hydrogen-bond acceptors (Lipinski definition) is 1. The summed E-state index contributed by atoms with van der Waals surface area (Å²) in [5.74, 6) is 0.999. The molecule has 0 aliphatic carbocycles.